The Morgan fingerprint density at radius 1 is 1.10 bits per heavy atom. The van der Waals surface area contributed by atoms with E-state index in [9.17, 15) is 14.7 Å². The average molecular weight is 443 g/mol. The van der Waals surface area contributed by atoms with Crippen LogP contribution >= 0.6 is 11.8 Å². The number of aryl methyl sites for hydroxylation is 2. The van der Waals surface area contributed by atoms with Crippen LogP contribution in [0.15, 0.2) is 41.3 Å². The zero-order valence-electron chi connectivity index (χ0n) is 19.6. The quantitative estimate of drug-likeness (QED) is 0.343. The van der Waals surface area contributed by atoms with Gasteiger partial charge in [0.15, 0.2) is 11.4 Å². The highest BCUT2D eigenvalue weighted by Crippen LogP contribution is 2.31. The van der Waals surface area contributed by atoms with Crippen LogP contribution in [-0.2, 0) is 11.2 Å². The molecule has 0 bridgehead atoms. The molecule has 0 heterocycles. The van der Waals surface area contributed by atoms with Crippen molar-refractivity contribution in [3.8, 4) is 5.75 Å². The van der Waals surface area contributed by atoms with Crippen molar-refractivity contribution in [2.24, 2.45) is 11.8 Å². The normalized spacial score (nSPS) is 13.5. The fourth-order valence-corrected chi connectivity index (χ4v) is 4.36. The maximum atomic E-state index is 13.1. The van der Waals surface area contributed by atoms with Gasteiger partial charge >= 0.3 is 5.97 Å². The zero-order valence-corrected chi connectivity index (χ0v) is 20.4. The summed E-state index contributed by atoms with van der Waals surface area (Å²) >= 11 is 1.67. The van der Waals surface area contributed by atoms with E-state index in [0.29, 0.717) is 5.75 Å². The first kappa shape index (κ1) is 25.0. The first-order valence-corrected chi connectivity index (χ1v) is 11.9. The molecule has 31 heavy (non-hydrogen) atoms. The molecule has 2 aromatic carbocycles. The van der Waals surface area contributed by atoms with Crippen molar-refractivity contribution in [3.63, 3.8) is 0 Å². The largest absolute Gasteiger partial charge is 0.478 e. The summed E-state index contributed by atoms with van der Waals surface area (Å²) in [5, 5.41) is 9.36. The van der Waals surface area contributed by atoms with E-state index in [-0.39, 0.29) is 17.6 Å². The number of benzene rings is 2. The Labute approximate surface area is 190 Å². The second-order valence-electron chi connectivity index (χ2n) is 8.77. The first-order valence-electron chi connectivity index (χ1n) is 10.7. The van der Waals surface area contributed by atoms with Crippen LogP contribution in [0, 0.1) is 25.7 Å². The molecular formula is C26H34O4S. The van der Waals surface area contributed by atoms with Crippen LogP contribution in [0.3, 0.4) is 0 Å². The van der Waals surface area contributed by atoms with E-state index in [0.717, 1.165) is 40.0 Å². The number of rotatable bonds is 10. The number of thioether (sulfide) groups is 1. The Morgan fingerprint density at radius 3 is 2.10 bits per heavy atom. The number of Topliss-reactive ketones (excluding diaryl/α,β-unsaturated/α-hetero) is 1. The van der Waals surface area contributed by atoms with Gasteiger partial charge in [-0.25, -0.2) is 4.79 Å². The molecule has 168 valence electrons. The third-order valence-electron chi connectivity index (χ3n) is 5.79. The molecule has 0 unspecified atom stereocenters. The molecule has 2 aromatic rings. The molecule has 0 saturated heterocycles. The third kappa shape index (κ3) is 6.13. The molecule has 0 radical (unpaired) electrons. The van der Waals surface area contributed by atoms with Crippen LogP contribution in [0.1, 0.15) is 61.2 Å². The van der Waals surface area contributed by atoms with Gasteiger partial charge in [0.1, 0.15) is 5.75 Å². The second-order valence-corrected chi connectivity index (χ2v) is 9.64. The Morgan fingerprint density at radius 2 is 1.65 bits per heavy atom. The van der Waals surface area contributed by atoms with Gasteiger partial charge in [-0.2, -0.15) is 0 Å². The Hall–Kier alpha value is -2.27. The van der Waals surface area contributed by atoms with Crippen LogP contribution < -0.4 is 4.74 Å². The molecule has 0 saturated carbocycles. The molecule has 2 atom stereocenters. The van der Waals surface area contributed by atoms with E-state index in [1.165, 1.54) is 0 Å². The van der Waals surface area contributed by atoms with Crippen molar-refractivity contribution < 1.29 is 19.4 Å². The van der Waals surface area contributed by atoms with Crippen LogP contribution in [0.5, 0.6) is 5.75 Å². The highest BCUT2D eigenvalue weighted by molar-refractivity contribution is 7.98. The number of carboxylic acids is 1. The smallest absolute Gasteiger partial charge is 0.347 e. The highest BCUT2D eigenvalue weighted by atomic mass is 32.2. The number of ketones is 1. The lowest BCUT2D eigenvalue weighted by Crippen LogP contribution is -2.38. The summed E-state index contributed by atoms with van der Waals surface area (Å²) < 4.78 is 5.81. The minimum atomic E-state index is -1.30. The van der Waals surface area contributed by atoms with Crippen LogP contribution in [0.25, 0.3) is 0 Å². The van der Waals surface area contributed by atoms with E-state index in [4.69, 9.17) is 4.74 Å². The minimum Gasteiger partial charge on any atom is -0.478 e. The molecule has 1 N–H and O–H groups in total. The van der Waals surface area contributed by atoms with Gasteiger partial charge in [0, 0.05) is 16.4 Å². The topological polar surface area (TPSA) is 63.6 Å². The molecular weight excluding hydrogens is 408 g/mol. The van der Waals surface area contributed by atoms with Crippen molar-refractivity contribution >= 4 is 23.5 Å². The van der Waals surface area contributed by atoms with Gasteiger partial charge in [0.05, 0.1) is 0 Å². The summed E-state index contributed by atoms with van der Waals surface area (Å²) in [5.41, 5.74) is 2.41. The van der Waals surface area contributed by atoms with Crippen molar-refractivity contribution in [3.05, 3.63) is 58.7 Å². The van der Waals surface area contributed by atoms with Crippen molar-refractivity contribution in [1.29, 1.82) is 0 Å². The average Bonchev–Trinajstić information content (AvgIpc) is 2.71. The summed E-state index contributed by atoms with van der Waals surface area (Å²) in [6.45, 7) is 11.2. The lowest BCUT2D eigenvalue weighted by Gasteiger charge is -2.26. The lowest BCUT2D eigenvalue weighted by atomic mass is 9.81. The lowest BCUT2D eigenvalue weighted by molar-refractivity contribution is -0.152. The molecule has 0 spiro atoms. The molecule has 0 aliphatic rings. The predicted molar refractivity (Wildman–Crippen MR) is 127 cm³/mol. The van der Waals surface area contributed by atoms with E-state index in [1.807, 2.05) is 56.5 Å². The predicted octanol–water partition coefficient (Wildman–Crippen LogP) is 6.36. The van der Waals surface area contributed by atoms with Gasteiger partial charge < -0.3 is 9.84 Å². The van der Waals surface area contributed by atoms with Crippen LogP contribution in [-0.4, -0.2) is 28.7 Å². The van der Waals surface area contributed by atoms with Gasteiger partial charge in [-0.1, -0.05) is 38.1 Å². The summed E-state index contributed by atoms with van der Waals surface area (Å²) in [6.07, 6.45) is 3.59. The fourth-order valence-electron chi connectivity index (χ4n) is 3.95. The number of hydrogen-bond acceptors (Lipinski definition) is 4. The summed E-state index contributed by atoms with van der Waals surface area (Å²) in [7, 11) is 0. The highest BCUT2D eigenvalue weighted by Gasteiger charge is 2.31. The SMILES string of the molecule is CC[C@@H](C(=O)c1ccc(SC)cc1)[C@@H](C)Cc1cc(C)c(OC(C)(C)C(=O)O)c(C)c1. The number of carbonyl (C=O) groups is 2. The molecule has 0 aromatic heterocycles. The molecule has 0 aliphatic heterocycles. The van der Waals surface area contributed by atoms with Gasteiger partial charge in [0.25, 0.3) is 0 Å². The fraction of sp³-hybridized carbons (Fsp3) is 0.462. The molecule has 2 rings (SSSR count). The second kappa shape index (κ2) is 10.4. The Bertz CT molecular complexity index is 908. The third-order valence-corrected chi connectivity index (χ3v) is 6.53. The monoisotopic (exact) mass is 442 g/mol. The molecule has 0 amide bonds. The summed E-state index contributed by atoms with van der Waals surface area (Å²) in [6, 6.07) is 11.9. The van der Waals surface area contributed by atoms with E-state index in [2.05, 4.69) is 13.8 Å². The van der Waals surface area contributed by atoms with E-state index in [1.54, 1.807) is 25.6 Å². The number of aliphatic carboxylic acids is 1. The van der Waals surface area contributed by atoms with Crippen molar-refractivity contribution in [2.45, 2.75) is 64.9 Å². The van der Waals surface area contributed by atoms with E-state index >= 15 is 0 Å². The number of carbonyl (C=O) groups excluding carboxylic acids is 1. The Kier molecular flexibility index (Phi) is 8.35. The van der Waals surface area contributed by atoms with Crippen molar-refractivity contribution in [2.75, 3.05) is 6.26 Å². The summed E-state index contributed by atoms with van der Waals surface area (Å²) in [5.74, 6) is -0.0692. The van der Waals surface area contributed by atoms with Crippen LogP contribution in [0.4, 0.5) is 0 Å². The maximum Gasteiger partial charge on any atom is 0.347 e. The number of carboxylic acid groups (broad SMARTS) is 1. The zero-order chi connectivity index (χ0) is 23.3. The molecule has 4 nitrogen and oxygen atoms in total. The summed E-state index contributed by atoms with van der Waals surface area (Å²) in [4.78, 5) is 25.7. The Balaban J connectivity index is 2.20. The van der Waals surface area contributed by atoms with E-state index < -0.39 is 11.6 Å². The van der Waals surface area contributed by atoms with Gasteiger partial charge in [-0.05, 0) is 81.5 Å². The van der Waals surface area contributed by atoms with Gasteiger partial charge in [-0.3, -0.25) is 4.79 Å². The molecule has 0 aliphatic carbocycles. The molecule has 5 heteroatoms. The maximum absolute atomic E-state index is 13.1. The van der Waals surface area contributed by atoms with Gasteiger partial charge in [0.2, 0.25) is 0 Å². The number of hydrogen-bond donors (Lipinski definition) is 1. The van der Waals surface area contributed by atoms with Crippen LogP contribution in [0.2, 0.25) is 0 Å². The minimum absolute atomic E-state index is 0.0531. The number of ether oxygens (including phenoxy) is 1. The van der Waals surface area contributed by atoms with Gasteiger partial charge in [-0.15, -0.1) is 11.8 Å². The first-order chi connectivity index (χ1) is 14.5. The molecule has 0 fully saturated rings. The van der Waals surface area contributed by atoms with Crippen molar-refractivity contribution in [1.82, 2.24) is 0 Å². The standard InChI is InChI=1S/C26H34O4S/c1-8-22(23(27)20-9-11-21(31-7)12-10-20)16(2)13-19-14-17(3)24(18(4)15-19)30-26(5,6)25(28)29/h9-12,14-16,22H,8,13H2,1-7H3,(H,28,29)/t16-,22+/m0/s1.